The number of hydrogen-bond acceptors (Lipinski definition) is 7. The Labute approximate surface area is 175 Å². The molecule has 0 bridgehead atoms. The number of methoxy groups -OCH3 is 2. The summed E-state index contributed by atoms with van der Waals surface area (Å²) in [5.74, 6) is 1.36. The first-order valence-electron chi connectivity index (χ1n) is 9.22. The van der Waals surface area contributed by atoms with Crippen LogP contribution in [0.3, 0.4) is 0 Å². The maximum absolute atomic E-state index is 12.9. The summed E-state index contributed by atoms with van der Waals surface area (Å²) in [4.78, 5) is 12.5. The van der Waals surface area contributed by atoms with Gasteiger partial charge in [-0.05, 0) is 12.1 Å². The molecule has 1 aliphatic heterocycles. The number of amides is 1. The molecule has 1 N–H and O–H groups in total. The minimum absolute atomic E-state index is 0.0186. The molecule has 30 heavy (non-hydrogen) atoms. The van der Waals surface area contributed by atoms with Gasteiger partial charge in [-0.2, -0.15) is 4.31 Å². The molecule has 2 aromatic carbocycles. The lowest BCUT2D eigenvalue weighted by molar-refractivity contribution is -0.116. The number of sulfonamides is 1. The van der Waals surface area contributed by atoms with Crippen molar-refractivity contribution < 1.29 is 32.2 Å². The summed E-state index contributed by atoms with van der Waals surface area (Å²) in [6, 6.07) is 9.29. The third-order valence-corrected chi connectivity index (χ3v) is 6.23. The summed E-state index contributed by atoms with van der Waals surface area (Å²) >= 11 is 0. The fourth-order valence-corrected chi connectivity index (χ4v) is 3.99. The zero-order valence-electron chi connectivity index (χ0n) is 17.0. The van der Waals surface area contributed by atoms with Crippen LogP contribution in [0.5, 0.6) is 23.0 Å². The summed E-state index contributed by atoms with van der Waals surface area (Å²) < 4.78 is 48.2. The van der Waals surface area contributed by atoms with Crippen molar-refractivity contribution in [3.8, 4) is 23.0 Å². The van der Waals surface area contributed by atoms with Crippen molar-refractivity contribution in [1.82, 2.24) is 4.31 Å². The highest BCUT2D eigenvalue weighted by Gasteiger charge is 2.25. The Morgan fingerprint density at radius 2 is 1.67 bits per heavy atom. The molecular formula is C20H24N2O7S. The van der Waals surface area contributed by atoms with Crippen LogP contribution in [0.1, 0.15) is 6.42 Å². The SMILES string of the molecule is COc1cc(NC(=O)CN(C)S(=O)(=O)c2ccc3c(c2)OCCCO3)cc(OC)c1. The van der Waals surface area contributed by atoms with E-state index in [-0.39, 0.29) is 11.4 Å². The van der Waals surface area contributed by atoms with Gasteiger partial charge in [0.15, 0.2) is 11.5 Å². The number of hydrogen-bond donors (Lipinski definition) is 1. The van der Waals surface area contributed by atoms with Crippen LogP contribution < -0.4 is 24.3 Å². The molecule has 1 heterocycles. The van der Waals surface area contributed by atoms with Gasteiger partial charge >= 0.3 is 0 Å². The van der Waals surface area contributed by atoms with Gasteiger partial charge < -0.3 is 24.3 Å². The van der Waals surface area contributed by atoms with E-state index < -0.39 is 15.9 Å². The van der Waals surface area contributed by atoms with Crippen molar-refractivity contribution in [3.05, 3.63) is 36.4 Å². The van der Waals surface area contributed by atoms with E-state index in [9.17, 15) is 13.2 Å². The number of rotatable bonds is 7. The number of benzene rings is 2. The number of likely N-dealkylation sites (N-methyl/N-ethyl adjacent to an activating group) is 1. The molecule has 162 valence electrons. The second-order valence-electron chi connectivity index (χ2n) is 6.57. The topological polar surface area (TPSA) is 103 Å². The largest absolute Gasteiger partial charge is 0.497 e. The quantitative estimate of drug-likeness (QED) is 0.709. The second-order valence-corrected chi connectivity index (χ2v) is 8.61. The van der Waals surface area contributed by atoms with Crippen molar-refractivity contribution >= 4 is 21.6 Å². The molecule has 10 heteroatoms. The Kier molecular flexibility index (Phi) is 6.68. The number of carbonyl (C=O) groups excluding carboxylic acids is 1. The van der Waals surface area contributed by atoms with E-state index in [2.05, 4.69) is 5.32 Å². The van der Waals surface area contributed by atoms with Crippen LogP contribution in [0.4, 0.5) is 5.69 Å². The Morgan fingerprint density at radius 3 is 2.30 bits per heavy atom. The van der Waals surface area contributed by atoms with Crippen LogP contribution in [-0.2, 0) is 14.8 Å². The van der Waals surface area contributed by atoms with E-state index in [0.29, 0.717) is 48.3 Å². The summed E-state index contributed by atoms with van der Waals surface area (Å²) in [5, 5.41) is 2.65. The van der Waals surface area contributed by atoms with Gasteiger partial charge in [0.05, 0.1) is 38.9 Å². The number of nitrogens with zero attached hydrogens (tertiary/aromatic N) is 1. The lowest BCUT2D eigenvalue weighted by atomic mass is 10.2. The zero-order valence-corrected chi connectivity index (χ0v) is 17.8. The van der Waals surface area contributed by atoms with E-state index in [1.54, 1.807) is 24.3 Å². The maximum atomic E-state index is 12.9. The molecule has 0 saturated carbocycles. The Hall–Kier alpha value is -2.98. The predicted octanol–water partition coefficient (Wildman–Crippen LogP) is 2.12. The average molecular weight is 436 g/mol. The van der Waals surface area contributed by atoms with Gasteiger partial charge in [0.2, 0.25) is 15.9 Å². The minimum atomic E-state index is -3.91. The van der Waals surface area contributed by atoms with Crippen LogP contribution in [0.15, 0.2) is 41.3 Å². The van der Waals surface area contributed by atoms with E-state index in [4.69, 9.17) is 18.9 Å². The van der Waals surface area contributed by atoms with Crippen LogP contribution in [0.2, 0.25) is 0 Å². The van der Waals surface area contributed by atoms with Gasteiger partial charge in [0.1, 0.15) is 11.5 Å². The molecular weight excluding hydrogens is 412 g/mol. The maximum Gasteiger partial charge on any atom is 0.243 e. The van der Waals surface area contributed by atoms with Gasteiger partial charge in [-0.25, -0.2) is 8.42 Å². The van der Waals surface area contributed by atoms with E-state index in [1.807, 2.05) is 0 Å². The zero-order chi connectivity index (χ0) is 21.7. The van der Waals surface area contributed by atoms with Crippen molar-refractivity contribution in [2.45, 2.75) is 11.3 Å². The van der Waals surface area contributed by atoms with Crippen molar-refractivity contribution in [2.24, 2.45) is 0 Å². The molecule has 0 saturated heterocycles. The first kappa shape index (κ1) is 21.7. The molecule has 0 aliphatic carbocycles. The monoisotopic (exact) mass is 436 g/mol. The molecule has 0 unspecified atom stereocenters. The highest BCUT2D eigenvalue weighted by atomic mass is 32.2. The van der Waals surface area contributed by atoms with Gasteiger partial charge in [-0.1, -0.05) is 0 Å². The second kappa shape index (κ2) is 9.23. The fraction of sp³-hybridized carbons (Fsp3) is 0.350. The van der Waals surface area contributed by atoms with E-state index in [1.165, 1.54) is 33.4 Å². The molecule has 0 fully saturated rings. The Balaban J connectivity index is 1.72. The van der Waals surface area contributed by atoms with Crippen LogP contribution in [0.25, 0.3) is 0 Å². The third kappa shape index (κ3) is 4.95. The highest BCUT2D eigenvalue weighted by Crippen LogP contribution is 2.32. The molecule has 9 nitrogen and oxygen atoms in total. The van der Waals surface area contributed by atoms with E-state index in [0.717, 1.165) is 4.31 Å². The molecule has 0 spiro atoms. The molecule has 1 amide bonds. The lowest BCUT2D eigenvalue weighted by Crippen LogP contribution is -2.35. The number of fused-ring (bicyclic) bond motifs is 1. The molecule has 3 rings (SSSR count). The fourth-order valence-electron chi connectivity index (χ4n) is 2.85. The third-order valence-electron chi connectivity index (χ3n) is 4.43. The lowest BCUT2D eigenvalue weighted by Gasteiger charge is -2.18. The molecule has 0 radical (unpaired) electrons. The van der Waals surface area contributed by atoms with E-state index >= 15 is 0 Å². The number of nitrogens with one attached hydrogen (secondary N) is 1. The van der Waals surface area contributed by atoms with Gasteiger partial charge in [0, 0.05) is 43.4 Å². The summed E-state index contributed by atoms with van der Waals surface area (Å²) in [7, 11) is 0.420. The summed E-state index contributed by atoms with van der Waals surface area (Å²) in [5.41, 5.74) is 0.428. The Morgan fingerprint density at radius 1 is 1.03 bits per heavy atom. The van der Waals surface area contributed by atoms with Gasteiger partial charge in [-0.15, -0.1) is 0 Å². The van der Waals surface area contributed by atoms with Crippen LogP contribution >= 0.6 is 0 Å². The van der Waals surface area contributed by atoms with Crippen LogP contribution in [0, 0.1) is 0 Å². The predicted molar refractivity (Wildman–Crippen MR) is 110 cm³/mol. The normalized spacial score (nSPS) is 13.5. The van der Waals surface area contributed by atoms with Crippen molar-refractivity contribution in [3.63, 3.8) is 0 Å². The smallest absolute Gasteiger partial charge is 0.243 e. The standard InChI is InChI=1S/C20H24N2O7S/c1-22(13-20(23)21-14-9-15(26-2)11-16(10-14)27-3)30(24,25)17-5-6-18-19(12-17)29-8-4-7-28-18/h5-6,9-12H,4,7-8,13H2,1-3H3,(H,21,23). The Bertz CT molecular complexity index is 1000. The van der Waals surface area contributed by atoms with Crippen molar-refractivity contribution in [2.75, 3.05) is 46.3 Å². The summed E-state index contributed by atoms with van der Waals surface area (Å²) in [6.07, 6.45) is 0.714. The van der Waals surface area contributed by atoms with Gasteiger partial charge in [-0.3, -0.25) is 4.79 Å². The summed E-state index contributed by atoms with van der Waals surface area (Å²) in [6.45, 7) is 0.573. The van der Waals surface area contributed by atoms with Gasteiger partial charge in [0.25, 0.3) is 0 Å². The first-order valence-corrected chi connectivity index (χ1v) is 10.7. The molecule has 0 aromatic heterocycles. The number of ether oxygens (including phenoxy) is 4. The first-order chi connectivity index (χ1) is 14.3. The molecule has 0 atom stereocenters. The molecule has 1 aliphatic rings. The average Bonchev–Trinajstić information content (AvgIpc) is 2.98. The molecule has 2 aromatic rings. The number of carbonyl (C=O) groups is 1. The van der Waals surface area contributed by atoms with Crippen LogP contribution in [-0.4, -0.2) is 59.7 Å². The highest BCUT2D eigenvalue weighted by molar-refractivity contribution is 7.89. The minimum Gasteiger partial charge on any atom is -0.497 e. The van der Waals surface area contributed by atoms with Crippen molar-refractivity contribution in [1.29, 1.82) is 0 Å². The number of anilines is 1.